The fourth-order valence-electron chi connectivity index (χ4n) is 3.68. The fourth-order valence-corrected chi connectivity index (χ4v) is 4.51. The molecule has 0 saturated carbocycles. The minimum absolute atomic E-state index is 0.124. The second kappa shape index (κ2) is 9.35. The van der Waals surface area contributed by atoms with Gasteiger partial charge in [0.05, 0.1) is 16.8 Å². The van der Waals surface area contributed by atoms with Crippen molar-refractivity contribution in [3.63, 3.8) is 0 Å². The smallest absolute Gasteiger partial charge is 0.170 e. The molecule has 0 unspecified atom stereocenters. The van der Waals surface area contributed by atoms with E-state index >= 15 is 0 Å². The highest BCUT2D eigenvalue weighted by atomic mass is 35.5. The van der Waals surface area contributed by atoms with Crippen LogP contribution in [0.4, 0.5) is 0 Å². The van der Waals surface area contributed by atoms with Gasteiger partial charge >= 0.3 is 0 Å². The highest BCUT2D eigenvalue weighted by Gasteiger charge is 2.41. The van der Waals surface area contributed by atoms with Gasteiger partial charge in [0.1, 0.15) is 17.6 Å². The summed E-state index contributed by atoms with van der Waals surface area (Å²) in [5, 5.41) is 5.22. The number of aromatic nitrogens is 1. The van der Waals surface area contributed by atoms with Gasteiger partial charge in [-0.05, 0) is 61.1 Å². The number of halogens is 2. The van der Waals surface area contributed by atoms with Gasteiger partial charge in [0.2, 0.25) is 0 Å². The molecule has 0 bridgehead atoms. The van der Waals surface area contributed by atoms with Crippen molar-refractivity contribution in [1.29, 1.82) is 0 Å². The molecule has 4 rings (SSSR count). The van der Waals surface area contributed by atoms with E-state index in [1.54, 1.807) is 25.4 Å². The molecule has 0 spiro atoms. The van der Waals surface area contributed by atoms with E-state index in [4.69, 9.17) is 44.6 Å². The second-order valence-corrected chi connectivity index (χ2v) is 8.22. The molecule has 30 heavy (non-hydrogen) atoms. The molecule has 3 aromatic rings. The van der Waals surface area contributed by atoms with Crippen molar-refractivity contribution in [3.8, 4) is 11.3 Å². The number of pyridine rings is 1. The second-order valence-electron chi connectivity index (χ2n) is 6.99. The quantitative estimate of drug-likeness (QED) is 0.361. The third-order valence-electron chi connectivity index (χ3n) is 5.06. The Morgan fingerprint density at radius 3 is 2.80 bits per heavy atom. The lowest BCUT2D eigenvalue weighted by molar-refractivity contribution is 0.177. The highest BCUT2D eigenvalue weighted by Crippen LogP contribution is 2.41. The van der Waals surface area contributed by atoms with Gasteiger partial charge in [-0.1, -0.05) is 29.3 Å². The minimum Gasteiger partial charge on any atom is -0.459 e. The summed E-state index contributed by atoms with van der Waals surface area (Å²) in [6, 6.07) is 14.9. The first-order chi connectivity index (χ1) is 14.6. The van der Waals surface area contributed by atoms with Crippen molar-refractivity contribution in [3.05, 3.63) is 76.2 Å². The number of furan rings is 1. The molecule has 1 aliphatic rings. The molecule has 2 atom stereocenters. The third-order valence-corrected chi connectivity index (χ3v) is 5.96. The summed E-state index contributed by atoms with van der Waals surface area (Å²) in [5.41, 5.74) is 1.70. The van der Waals surface area contributed by atoms with Gasteiger partial charge in [-0.2, -0.15) is 0 Å². The first-order valence-corrected chi connectivity index (χ1v) is 10.8. The number of methoxy groups -OCH3 is 1. The number of thiocarbonyl (C=S) groups is 1. The normalized spacial score (nSPS) is 18.6. The van der Waals surface area contributed by atoms with Crippen molar-refractivity contribution >= 4 is 40.5 Å². The zero-order valence-corrected chi connectivity index (χ0v) is 18.7. The topological polar surface area (TPSA) is 50.5 Å². The molecule has 5 nitrogen and oxygen atoms in total. The minimum atomic E-state index is -0.135. The molecular weight excluding hydrogens is 441 g/mol. The lowest BCUT2D eigenvalue weighted by Crippen LogP contribution is -2.31. The van der Waals surface area contributed by atoms with Crippen LogP contribution in [0.1, 0.15) is 30.0 Å². The van der Waals surface area contributed by atoms with Crippen LogP contribution in [0.5, 0.6) is 0 Å². The maximum atomic E-state index is 6.38. The van der Waals surface area contributed by atoms with Gasteiger partial charge in [0.25, 0.3) is 0 Å². The van der Waals surface area contributed by atoms with E-state index in [1.807, 2.05) is 36.4 Å². The van der Waals surface area contributed by atoms with Crippen LogP contribution in [0.3, 0.4) is 0 Å². The summed E-state index contributed by atoms with van der Waals surface area (Å²) < 4.78 is 11.5. The van der Waals surface area contributed by atoms with Gasteiger partial charge in [-0.25, -0.2) is 0 Å². The number of nitrogens with zero attached hydrogens (tertiary/aromatic N) is 2. The number of rotatable bonds is 7. The Labute approximate surface area is 190 Å². The average molecular weight is 462 g/mol. The van der Waals surface area contributed by atoms with E-state index in [0.717, 1.165) is 30.0 Å². The molecule has 3 heterocycles. The van der Waals surface area contributed by atoms with Crippen LogP contribution in [0.25, 0.3) is 11.3 Å². The third kappa shape index (κ3) is 4.32. The van der Waals surface area contributed by atoms with Crippen molar-refractivity contribution in [2.75, 3.05) is 20.3 Å². The molecular formula is C22H21Cl2N3O2S. The first kappa shape index (κ1) is 21.1. The van der Waals surface area contributed by atoms with Crippen LogP contribution in [-0.4, -0.2) is 35.3 Å². The highest BCUT2D eigenvalue weighted by molar-refractivity contribution is 7.80. The Hall–Kier alpha value is -2.12. The van der Waals surface area contributed by atoms with Crippen molar-refractivity contribution in [1.82, 2.24) is 15.2 Å². The zero-order chi connectivity index (χ0) is 21.1. The standard InChI is InChI=1S/C22H21Cl2N3O2S/c1-28-12-4-11-27-21(20(26-22(27)30)17-5-2-3-10-25-17)19-9-8-18(29-19)15-7-6-14(23)13-16(15)24/h2-3,5-10,13,20-21H,4,11-12H2,1H3,(H,26,30)/t20-,21-/m1/s1. The maximum Gasteiger partial charge on any atom is 0.170 e. The van der Waals surface area contributed by atoms with Gasteiger partial charge in [-0.3, -0.25) is 4.98 Å². The Bertz CT molecular complexity index is 1030. The molecule has 1 fully saturated rings. The molecule has 2 aromatic heterocycles. The summed E-state index contributed by atoms with van der Waals surface area (Å²) in [6.07, 6.45) is 2.63. The van der Waals surface area contributed by atoms with Crippen molar-refractivity contribution < 1.29 is 9.15 Å². The maximum absolute atomic E-state index is 6.38. The van der Waals surface area contributed by atoms with E-state index in [2.05, 4.69) is 15.2 Å². The van der Waals surface area contributed by atoms with Gasteiger partial charge < -0.3 is 19.4 Å². The van der Waals surface area contributed by atoms with E-state index in [9.17, 15) is 0 Å². The van der Waals surface area contributed by atoms with E-state index < -0.39 is 0 Å². The van der Waals surface area contributed by atoms with Crippen molar-refractivity contribution in [2.45, 2.75) is 18.5 Å². The molecule has 1 aromatic carbocycles. The SMILES string of the molecule is COCCCN1C(=S)N[C@H](c2ccccn2)[C@H]1c1ccc(-c2ccc(Cl)cc2Cl)o1. The van der Waals surface area contributed by atoms with E-state index in [-0.39, 0.29) is 12.1 Å². The summed E-state index contributed by atoms with van der Waals surface area (Å²) in [4.78, 5) is 6.68. The first-order valence-electron chi connectivity index (χ1n) is 9.60. The summed E-state index contributed by atoms with van der Waals surface area (Å²) in [6.45, 7) is 1.40. The monoisotopic (exact) mass is 461 g/mol. The van der Waals surface area contributed by atoms with Gasteiger partial charge in [0.15, 0.2) is 5.11 Å². The summed E-state index contributed by atoms with van der Waals surface area (Å²) >= 11 is 18.1. The number of ether oxygens (including phenoxy) is 1. The molecule has 1 saturated heterocycles. The van der Waals surface area contributed by atoms with E-state index in [1.165, 1.54) is 0 Å². The van der Waals surface area contributed by atoms with Crippen LogP contribution in [0.15, 0.2) is 59.1 Å². The average Bonchev–Trinajstić information content (AvgIpc) is 3.34. The largest absolute Gasteiger partial charge is 0.459 e. The summed E-state index contributed by atoms with van der Waals surface area (Å²) in [5.74, 6) is 1.47. The molecule has 0 amide bonds. The zero-order valence-electron chi connectivity index (χ0n) is 16.3. The number of nitrogens with one attached hydrogen (secondary N) is 1. The Morgan fingerprint density at radius 1 is 1.20 bits per heavy atom. The predicted octanol–water partition coefficient (Wildman–Crippen LogP) is 5.66. The predicted molar refractivity (Wildman–Crippen MR) is 123 cm³/mol. The van der Waals surface area contributed by atoms with Crippen molar-refractivity contribution in [2.24, 2.45) is 0 Å². The lowest BCUT2D eigenvalue weighted by atomic mass is 10.0. The van der Waals surface area contributed by atoms with E-state index in [0.29, 0.717) is 27.5 Å². The Balaban J connectivity index is 1.69. The molecule has 8 heteroatoms. The van der Waals surface area contributed by atoms with Gasteiger partial charge in [0, 0.05) is 37.0 Å². The van der Waals surface area contributed by atoms with Crippen LogP contribution < -0.4 is 5.32 Å². The van der Waals surface area contributed by atoms with Crippen LogP contribution in [0, 0.1) is 0 Å². The molecule has 156 valence electrons. The number of hydrogen-bond acceptors (Lipinski definition) is 4. The van der Waals surface area contributed by atoms with Gasteiger partial charge in [-0.15, -0.1) is 0 Å². The summed E-state index contributed by atoms with van der Waals surface area (Å²) in [7, 11) is 1.70. The molecule has 1 aliphatic heterocycles. The van der Waals surface area contributed by atoms with Crippen LogP contribution >= 0.6 is 35.4 Å². The van der Waals surface area contributed by atoms with Crippen LogP contribution in [0.2, 0.25) is 10.0 Å². The molecule has 0 radical (unpaired) electrons. The lowest BCUT2D eigenvalue weighted by Gasteiger charge is -2.26. The Morgan fingerprint density at radius 2 is 2.07 bits per heavy atom. The number of hydrogen-bond donors (Lipinski definition) is 1. The fraction of sp³-hybridized carbons (Fsp3) is 0.273. The molecule has 0 aliphatic carbocycles. The number of benzene rings is 1. The Kier molecular flexibility index (Phi) is 6.58. The molecule has 1 N–H and O–H groups in total. The van der Waals surface area contributed by atoms with Crippen LogP contribution in [-0.2, 0) is 4.74 Å².